The molecule has 0 saturated carbocycles. The molecule has 3 rings (SSSR count). The van der Waals surface area contributed by atoms with Gasteiger partial charge in [-0.2, -0.15) is 0 Å². The van der Waals surface area contributed by atoms with Gasteiger partial charge in [0.1, 0.15) is 0 Å². The van der Waals surface area contributed by atoms with Gasteiger partial charge in [-0.1, -0.05) is 29.8 Å². The third-order valence-corrected chi connectivity index (χ3v) is 4.93. The van der Waals surface area contributed by atoms with E-state index in [-0.39, 0.29) is 5.78 Å². The van der Waals surface area contributed by atoms with Gasteiger partial charge >= 0.3 is 0 Å². The van der Waals surface area contributed by atoms with Crippen molar-refractivity contribution in [1.29, 1.82) is 0 Å². The van der Waals surface area contributed by atoms with Gasteiger partial charge in [0.05, 0.1) is 0 Å². The number of rotatable bonds is 3. The molecule has 1 nitrogen and oxygen atoms in total. The molecule has 0 bridgehead atoms. The summed E-state index contributed by atoms with van der Waals surface area (Å²) in [5.74, 6) is 0.134. The summed E-state index contributed by atoms with van der Waals surface area (Å²) in [6.45, 7) is 0. The molecule has 0 spiro atoms. The first-order valence-corrected chi connectivity index (χ1v) is 8.18. The number of carbonyl (C=O) groups is 1. The van der Waals surface area contributed by atoms with Crippen LogP contribution in [0.4, 0.5) is 0 Å². The van der Waals surface area contributed by atoms with E-state index in [9.17, 15) is 4.79 Å². The van der Waals surface area contributed by atoms with Crippen LogP contribution in [0.2, 0.25) is 5.02 Å². The second-order valence-corrected chi connectivity index (χ2v) is 6.78. The molecule has 0 radical (unpaired) electrons. The first-order chi connectivity index (χ1) is 9.63. The normalized spacial score (nSPS) is 13.3. The van der Waals surface area contributed by atoms with E-state index in [0.29, 0.717) is 11.4 Å². The fourth-order valence-corrected chi connectivity index (χ4v) is 3.54. The number of hydrogen-bond donors (Lipinski definition) is 0. The van der Waals surface area contributed by atoms with Gasteiger partial charge in [-0.25, -0.2) is 0 Å². The Morgan fingerprint density at radius 2 is 1.90 bits per heavy atom. The summed E-state index contributed by atoms with van der Waals surface area (Å²) >= 11 is 8.17. The van der Waals surface area contributed by atoms with E-state index in [0.717, 1.165) is 21.1 Å². The van der Waals surface area contributed by atoms with Crippen LogP contribution in [0.15, 0.2) is 36.4 Å². The molecule has 0 aromatic heterocycles. The molecule has 1 aliphatic carbocycles. The summed E-state index contributed by atoms with van der Waals surface area (Å²) in [4.78, 5) is 12.4. The maximum atomic E-state index is 12.4. The summed E-state index contributed by atoms with van der Waals surface area (Å²) in [6.07, 6.45) is 4.00. The summed E-state index contributed by atoms with van der Waals surface area (Å²) in [5, 5.41) is 0.614. The highest BCUT2D eigenvalue weighted by molar-refractivity contribution is 14.1. The van der Waals surface area contributed by atoms with E-state index in [1.165, 1.54) is 24.0 Å². The quantitative estimate of drug-likeness (QED) is 0.535. The maximum Gasteiger partial charge on any atom is 0.168 e. The summed E-state index contributed by atoms with van der Waals surface area (Å²) in [6, 6.07) is 11.9. The van der Waals surface area contributed by atoms with Crippen molar-refractivity contribution < 1.29 is 4.79 Å². The first kappa shape index (κ1) is 14.1. The molecule has 0 saturated heterocycles. The number of ketones is 1. The van der Waals surface area contributed by atoms with E-state index in [2.05, 4.69) is 40.8 Å². The number of Topliss-reactive ketones (excluding diaryl/α,β-unsaturated/α-hetero) is 1. The Kier molecular flexibility index (Phi) is 4.13. The van der Waals surface area contributed by atoms with Gasteiger partial charge in [0.2, 0.25) is 0 Å². The average Bonchev–Trinajstić information content (AvgIpc) is 2.89. The number of carbonyl (C=O) groups excluding carboxylic acids is 1. The zero-order chi connectivity index (χ0) is 14.1. The Bertz CT molecular complexity index is 679. The lowest BCUT2D eigenvalue weighted by Crippen LogP contribution is -2.06. The molecule has 20 heavy (non-hydrogen) atoms. The SMILES string of the molecule is O=C(Cc1ccc2c(c1)CCC2)c1cc(Cl)ccc1I. The molecule has 3 heteroatoms. The van der Waals surface area contributed by atoms with Crippen molar-refractivity contribution in [1.82, 2.24) is 0 Å². The van der Waals surface area contributed by atoms with Gasteiger partial charge in [-0.15, -0.1) is 0 Å². The molecule has 0 atom stereocenters. The van der Waals surface area contributed by atoms with Crippen LogP contribution in [0.1, 0.15) is 33.5 Å². The van der Waals surface area contributed by atoms with Crippen LogP contribution in [-0.2, 0) is 19.3 Å². The zero-order valence-electron chi connectivity index (χ0n) is 11.0. The lowest BCUT2D eigenvalue weighted by Gasteiger charge is -2.07. The van der Waals surface area contributed by atoms with Gasteiger partial charge in [0, 0.05) is 20.6 Å². The largest absolute Gasteiger partial charge is 0.294 e. The van der Waals surface area contributed by atoms with Crippen LogP contribution in [-0.4, -0.2) is 5.78 Å². The second-order valence-electron chi connectivity index (χ2n) is 5.18. The molecule has 0 N–H and O–H groups in total. The molecule has 0 aliphatic heterocycles. The van der Waals surface area contributed by atoms with Gasteiger partial charge < -0.3 is 0 Å². The predicted octanol–water partition coefficient (Wildman–Crippen LogP) is 4.86. The monoisotopic (exact) mass is 396 g/mol. The molecule has 0 unspecified atom stereocenters. The van der Waals surface area contributed by atoms with E-state index in [4.69, 9.17) is 11.6 Å². The number of benzene rings is 2. The van der Waals surface area contributed by atoms with Crippen molar-refractivity contribution in [2.45, 2.75) is 25.7 Å². The predicted molar refractivity (Wildman–Crippen MR) is 90.7 cm³/mol. The minimum Gasteiger partial charge on any atom is -0.294 e. The molecule has 2 aromatic carbocycles. The van der Waals surface area contributed by atoms with E-state index >= 15 is 0 Å². The Balaban J connectivity index is 1.84. The molecule has 0 fully saturated rings. The minimum absolute atomic E-state index is 0.134. The number of halogens is 2. The zero-order valence-corrected chi connectivity index (χ0v) is 13.9. The standard InChI is InChI=1S/C17H14ClIO/c18-14-6-7-16(19)15(10-14)17(20)9-11-4-5-12-2-1-3-13(12)8-11/h4-8,10H,1-3,9H2. The third kappa shape index (κ3) is 2.91. The average molecular weight is 397 g/mol. The molecular weight excluding hydrogens is 383 g/mol. The van der Waals surface area contributed by atoms with Crippen molar-refractivity contribution in [3.63, 3.8) is 0 Å². The van der Waals surface area contributed by atoms with E-state index in [1.54, 1.807) is 6.07 Å². The van der Waals surface area contributed by atoms with E-state index in [1.807, 2.05) is 12.1 Å². The molecule has 0 amide bonds. The highest BCUT2D eigenvalue weighted by Crippen LogP contribution is 2.24. The van der Waals surface area contributed by atoms with Gasteiger partial charge in [0.25, 0.3) is 0 Å². The van der Waals surface area contributed by atoms with Crippen LogP contribution in [0, 0.1) is 3.57 Å². The Hall–Kier alpha value is -0.870. The number of aryl methyl sites for hydroxylation is 2. The topological polar surface area (TPSA) is 17.1 Å². The third-order valence-electron chi connectivity index (χ3n) is 3.76. The first-order valence-electron chi connectivity index (χ1n) is 6.72. The molecular formula is C17H14ClIO. The maximum absolute atomic E-state index is 12.4. The van der Waals surface area contributed by atoms with Crippen LogP contribution >= 0.6 is 34.2 Å². The van der Waals surface area contributed by atoms with Crippen molar-refractivity contribution in [3.8, 4) is 0 Å². The van der Waals surface area contributed by atoms with Gasteiger partial charge in [-0.3, -0.25) is 4.79 Å². The Morgan fingerprint density at radius 1 is 1.10 bits per heavy atom. The minimum atomic E-state index is 0.134. The summed E-state index contributed by atoms with van der Waals surface area (Å²) < 4.78 is 0.957. The fourth-order valence-electron chi connectivity index (χ4n) is 2.73. The van der Waals surface area contributed by atoms with Crippen LogP contribution < -0.4 is 0 Å². The number of hydrogen-bond acceptors (Lipinski definition) is 1. The summed E-state index contributed by atoms with van der Waals surface area (Å²) in [7, 11) is 0. The summed E-state index contributed by atoms with van der Waals surface area (Å²) in [5.41, 5.74) is 4.68. The second kappa shape index (κ2) is 5.86. The molecule has 1 aliphatic rings. The van der Waals surface area contributed by atoms with Gasteiger partial charge in [0.15, 0.2) is 5.78 Å². The Morgan fingerprint density at radius 3 is 2.75 bits per heavy atom. The van der Waals surface area contributed by atoms with Crippen LogP contribution in [0.5, 0.6) is 0 Å². The lowest BCUT2D eigenvalue weighted by molar-refractivity contribution is 0.0992. The van der Waals surface area contributed by atoms with Gasteiger partial charge in [-0.05, 0) is 76.7 Å². The van der Waals surface area contributed by atoms with Crippen LogP contribution in [0.25, 0.3) is 0 Å². The van der Waals surface area contributed by atoms with Crippen molar-refractivity contribution in [2.75, 3.05) is 0 Å². The molecule has 102 valence electrons. The molecule has 2 aromatic rings. The van der Waals surface area contributed by atoms with E-state index < -0.39 is 0 Å². The van der Waals surface area contributed by atoms with Crippen molar-refractivity contribution >= 4 is 40.0 Å². The molecule has 0 heterocycles. The number of fused-ring (bicyclic) bond motifs is 1. The Labute approximate surface area is 137 Å². The highest BCUT2D eigenvalue weighted by atomic mass is 127. The lowest BCUT2D eigenvalue weighted by atomic mass is 9.99. The van der Waals surface area contributed by atoms with Crippen molar-refractivity contribution in [3.05, 3.63) is 67.2 Å². The highest BCUT2D eigenvalue weighted by Gasteiger charge is 2.14. The van der Waals surface area contributed by atoms with Crippen molar-refractivity contribution in [2.24, 2.45) is 0 Å². The smallest absolute Gasteiger partial charge is 0.168 e. The fraction of sp³-hybridized carbons (Fsp3) is 0.235. The van der Waals surface area contributed by atoms with Crippen LogP contribution in [0.3, 0.4) is 0 Å².